The molecule has 112 valence electrons. The van der Waals surface area contributed by atoms with Crippen molar-refractivity contribution in [1.29, 1.82) is 0 Å². The smallest absolute Gasteiger partial charge is 0.208 e. The molecule has 6 heteroatoms. The molecule has 20 heavy (non-hydrogen) atoms. The molecule has 0 radical (unpaired) electrons. The summed E-state index contributed by atoms with van der Waals surface area (Å²) in [5.41, 5.74) is 2.21. The number of nitrogens with one attached hydrogen (secondary N) is 2. The van der Waals surface area contributed by atoms with E-state index in [4.69, 9.17) is 4.74 Å². The van der Waals surface area contributed by atoms with Crippen molar-refractivity contribution < 1.29 is 13.2 Å². The zero-order valence-electron chi connectivity index (χ0n) is 12.2. The van der Waals surface area contributed by atoms with Gasteiger partial charge in [-0.05, 0) is 19.4 Å². The largest absolute Gasteiger partial charge is 0.487 e. The van der Waals surface area contributed by atoms with Gasteiger partial charge in [-0.15, -0.1) is 0 Å². The van der Waals surface area contributed by atoms with E-state index in [1.807, 2.05) is 12.1 Å². The molecule has 1 aromatic rings. The lowest BCUT2D eigenvalue weighted by Crippen LogP contribution is -2.31. The molecule has 0 atom stereocenters. The number of sulfonamides is 1. The highest BCUT2D eigenvalue weighted by atomic mass is 32.2. The molecule has 2 N–H and O–H groups in total. The fourth-order valence-corrected chi connectivity index (χ4v) is 2.84. The monoisotopic (exact) mass is 298 g/mol. The zero-order chi connectivity index (χ0) is 14.8. The zero-order valence-corrected chi connectivity index (χ0v) is 13.0. The molecule has 5 nitrogen and oxygen atoms in total. The molecule has 1 aliphatic rings. The molecule has 1 heterocycles. The summed E-state index contributed by atoms with van der Waals surface area (Å²) in [7, 11) is -3.11. The van der Waals surface area contributed by atoms with Gasteiger partial charge in [0, 0.05) is 31.6 Å². The van der Waals surface area contributed by atoms with Crippen molar-refractivity contribution in [2.75, 3.05) is 19.3 Å². The van der Waals surface area contributed by atoms with Gasteiger partial charge in [0.2, 0.25) is 10.0 Å². The van der Waals surface area contributed by atoms with Crippen molar-refractivity contribution in [3.05, 3.63) is 29.3 Å². The fourth-order valence-electron chi connectivity index (χ4n) is 2.37. The highest BCUT2D eigenvalue weighted by Gasteiger charge is 2.31. The minimum Gasteiger partial charge on any atom is -0.487 e. The summed E-state index contributed by atoms with van der Waals surface area (Å²) in [6.07, 6.45) is 2.08. The number of para-hydroxylation sites is 1. The first kappa shape index (κ1) is 15.3. The average molecular weight is 298 g/mol. The molecule has 0 aliphatic carbocycles. The van der Waals surface area contributed by atoms with Crippen LogP contribution in [-0.2, 0) is 23.0 Å². The van der Waals surface area contributed by atoms with Gasteiger partial charge in [0.05, 0.1) is 6.26 Å². The molecular formula is C14H22N2O3S. The van der Waals surface area contributed by atoms with Crippen molar-refractivity contribution in [2.45, 2.75) is 32.4 Å². The van der Waals surface area contributed by atoms with E-state index < -0.39 is 10.0 Å². The van der Waals surface area contributed by atoms with Gasteiger partial charge >= 0.3 is 0 Å². The predicted octanol–water partition coefficient (Wildman–Crippen LogP) is 1.04. The van der Waals surface area contributed by atoms with E-state index in [0.717, 1.165) is 24.0 Å². The summed E-state index contributed by atoms with van der Waals surface area (Å²) in [6.45, 7) is 5.81. The Morgan fingerprint density at radius 2 is 2.05 bits per heavy atom. The van der Waals surface area contributed by atoms with Gasteiger partial charge in [0.15, 0.2) is 0 Å². The maximum Gasteiger partial charge on any atom is 0.208 e. The van der Waals surface area contributed by atoms with Crippen LogP contribution in [0.3, 0.4) is 0 Å². The number of ether oxygens (including phenoxy) is 1. The second kappa shape index (κ2) is 5.71. The van der Waals surface area contributed by atoms with E-state index >= 15 is 0 Å². The Hall–Kier alpha value is -1.11. The highest BCUT2D eigenvalue weighted by Crippen LogP contribution is 2.37. The van der Waals surface area contributed by atoms with E-state index in [9.17, 15) is 8.42 Å². The standard InChI is InChI=1S/C14H22N2O3S/c1-14(2)9-11-5-4-6-12(13(11)19-14)10-15-7-8-16-20(3,17)18/h4-6,15-16H,7-10H2,1-3H3. The van der Waals surface area contributed by atoms with Crippen LogP contribution >= 0.6 is 0 Å². The van der Waals surface area contributed by atoms with Crippen LogP contribution < -0.4 is 14.8 Å². The SMILES string of the molecule is CC1(C)Cc2cccc(CNCCNS(C)(=O)=O)c2O1. The summed E-state index contributed by atoms with van der Waals surface area (Å²) in [5.74, 6) is 0.973. The third-order valence-corrected chi connectivity index (χ3v) is 3.88. The lowest BCUT2D eigenvalue weighted by molar-refractivity contribution is 0.137. The van der Waals surface area contributed by atoms with E-state index in [1.165, 1.54) is 5.56 Å². The summed E-state index contributed by atoms with van der Waals surface area (Å²) in [6, 6.07) is 6.17. The number of rotatable bonds is 6. The van der Waals surface area contributed by atoms with Crippen LogP contribution in [0.25, 0.3) is 0 Å². The minimum atomic E-state index is -3.11. The van der Waals surface area contributed by atoms with Gasteiger partial charge in [0.25, 0.3) is 0 Å². The molecule has 0 spiro atoms. The van der Waals surface area contributed by atoms with Crippen molar-refractivity contribution in [1.82, 2.24) is 10.0 Å². The van der Waals surface area contributed by atoms with Crippen molar-refractivity contribution in [3.63, 3.8) is 0 Å². The summed E-state index contributed by atoms with van der Waals surface area (Å²) >= 11 is 0. The van der Waals surface area contributed by atoms with Crippen LogP contribution in [0.2, 0.25) is 0 Å². The molecule has 0 bridgehead atoms. The van der Waals surface area contributed by atoms with Crippen LogP contribution in [0, 0.1) is 0 Å². The molecule has 0 saturated carbocycles. The van der Waals surface area contributed by atoms with Crippen LogP contribution in [0.15, 0.2) is 18.2 Å². The number of hydrogen-bond donors (Lipinski definition) is 2. The number of hydrogen-bond acceptors (Lipinski definition) is 4. The quantitative estimate of drug-likeness (QED) is 0.770. The first-order valence-electron chi connectivity index (χ1n) is 6.72. The second-order valence-corrected chi connectivity index (χ2v) is 7.62. The Bertz CT molecular complexity index is 582. The Morgan fingerprint density at radius 3 is 2.75 bits per heavy atom. The van der Waals surface area contributed by atoms with Gasteiger partial charge in [-0.2, -0.15) is 0 Å². The van der Waals surface area contributed by atoms with Crippen LogP contribution in [0.5, 0.6) is 5.75 Å². The van der Waals surface area contributed by atoms with Gasteiger partial charge in [-0.3, -0.25) is 0 Å². The maximum atomic E-state index is 10.9. The van der Waals surface area contributed by atoms with Crippen LogP contribution in [0.4, 0.5) is 0 Å². The Morgan fingerprint density at radius 1 is 1.30 bits per heavy atom. The highest BCUT2D eigenvalue weighted by molar-refractivity contribution is 7.88. The third-order valence-electron chi connectivity index (χ3n) is 3.15. The van der Waals surface area contributed by atoms with Gasteiger partial charge < -0.3 is 10.1 Å². The van der Waals surface area contributed by atoms with E-state index in [1.54, 1.807) is 0 Å². The van der Waals surface area contributed by atoms with Crippen LogP contribution in [0.1, 0.15) is 25.0 Å². The first-order chi connectivity index (χ1) is 9.27. The normalized spacial score (nSPS) is 16.8. The molecule has 1 aromatic carbocycles. The number of fused-ring (bicyclic) bond motifs is 1. The molecule has 0 aromatic heterocycles. The van der Waals surface area contributed by atoms with Crippen molar-refractivity contribution in [2.24, 2.45) is 0 Å². The second-order valence-electron chi connectivity index (χ2n) is 5.79. The lowest BCUT2D eigenvalue weighted by Gasteiger charge is -2.18. The van der Waals surface area contributed by atoms with E-state index in [0.29, 0.717) is 19.6 Å². The molecule has 0 amide bonds. The molecule has 0 saturated heterocycles. The Balaban J connectivity index is 1.88. The van der Waals surface area contributed by atoms with E-state index in [2.05, 4.69) is 30.0 Å². The fraction of sp³-hybridized carbons (Fsp3) is 0.571. The molecule has 0 fully saturated rings. The predicted molar refractivity (Wildman–Crippen MR) is 79.4 cm³/mol. The van der Waals surface area contributed by atoms with Gasteiger partial charge in [0.1, 0.15) is 11.4 Å². The molecule has 0 unspecified atom stereocenters. The summed E-state index contributed by atoms with van der Waals surface area (Å²) < 4.78 is 30.3. The van der Waals surface area contributed by atoms with Crippen molar-refractivity contribution in [3.8, 4) is 5.75 Å². The van der Waals surface area contributed by atoms with Crippen molar-refractivity contribution >= 4 is 10.0 Å². The Labute approximate surface area is 120 Å². The maximum absolute atomic E-state index is 10.9. The van der Waals surface area contributed by atoms with Gasteiger partial charge in [-0.25, -0.2) is 13.1 Å². The topological polar surface area (TPSA) is 67.4 Å². The minimum absolute atomic E-state index is 0.143. The third kappa shape index (κ3) is 4.19. The average Bonchev–Trinajstić information content (AvgIpc) is 2.62. The van der Waals surface area contributed by atoms with Crippen LogP contribution in [-0.4, -0.2) is 33.4 Å². The molecule has 1 aliphatic heterocycles. The molecule has 2 rings (SSSR count). The van der Waals surface area contributed by atoms with Gasteiger partial charge in [-0.1, -0.05) is 18.2 Å². The molecular weight excluding hydrogens is 276 g/mol. The number of benzene rings is 1. The van der Waals surface area contributed by atoms with E-state index in [-0.39, 0.29) is 5.60 Å². The first-order valence-corrected chi connectivity index (χ1v) is 8.61. The summed E-state index contributed by atoms with van der Waals surface area (Å²) in [4.78, 5) is 0. The lowest BCUT2D eigenvalue weighted by atomic mass is 10.0. The summed E-state index contributed by atoms with van der Waals surface area (Å²) in [5, 5.41) is 3.22. The Kier molecular flexibility index (Phi) is 4.36.